The van der Waals surface area contributed by atoms with Gasteiger partial charge in [-0.2, -0.15) is 0 Å². The maximum Gasteiger partial charge on any atom is 0.0727 e. The largest absolute Gasteiger partial charge is 0.309 e. The van der Waals surface area contributed by atoms with Gasteiger partial charge in [-0.05, 0) is 155 Å². The van der Waals surface area contributed by atoms with Gasteiger partial charge in [0.05, 0.1) is 21.5 Å². The Morgan fingerprint density at radius 3 is 1.34 bits per heavy atom. The van der Waals surface area contributed by atoms with E-state index in [-0.39, 0.29) is 10.8 Å². The smallest absolute Gasteiger partial charge is 0.0727 e. The second kappa shape index (κ2) is 18.9. The Kier molecular flexibility index (Phi) is 11.5. The maximum absolute atomic E-state index is 2.61. The van der Waals surface area contributed by atoms with E-state index in [1.807, 2.05) is 11.3 Å². The Bertz CT molecular complexity index is 4550. The monoisotopic (exact) mass is 1070 g/mol. The van der Waals surface area contributed by atoms with Crippen molar-refractivity contribution in [1.82, 2.24) is 0 Å². The van der Waals surface area contributed by atoms with Gasteiger partial charge in [0.15, 0.2) is 0 Å². The molecule has 1 aromatic heterocycles. The molecular formula is C79H62N2S. The highest BCUT2D eigenvalue weighted by atomic mass is 32.1. The molecule has 394 valence electrons. The first-order chi connectivity index (χ1) is 39.9. The number of fused-ring (bicyclic) bond motifs is 15. The van der Waals surface area contributed by atoms with Crippen LogP contribution in [0.5, 0.6) is 0 Å². The predicted octanol–water partition coefficient (Wildman–Crippen LogP) is 22.4. The van der Waals surface area contributed by atoms with Gasteiger partial charge >= 0.3 is 0 Å². The fourth-order valence-corrected chi connectivity index (χ4v) is 14.9. The summed E-state index contributed by atoms with van der Waals surface area (Å²) in [5.41, 5.74) is 24.2. The first-order valence-corrected chi connectivity index (χ1v) is 29.6. The highest BCUT2D eigenvalue weighted by Crippen LogP contribution is 2.68. The molecule has 15 rings (SSSR count). The zero-order valence-electron chi connectivity index (χ0n) is 47.2. The van der Waals surface area contributed by atoms with Crippen LogP contribution in [0, 0.1) is 0 Å². The number of para-hydroxylation sites is 2. The van der Waals surface area contributed by atoms with Crippen molar-refractivity contribution in [3.05, 3.63) is 300 Å². The Balaban J connectivity index is 1.03. The zero-order chi connectivity index (χ0) is 55.5. The molecule has 0 fully saturated rings. The topological polar surface area (TPSA) is 6.48 Å². The van der Waals surface area contributed by atoms with Crippen LogP contribution in [0.25, 0.3) is 75.5 Å². The third-order valence-electron chi connectivity index (χ3n) is 17.6. The summed E-state index contributed by atoms with van der Waals surface area (Å²) in [7, 11) is 0. The molecule has 0 bridgehead atoms. The van der Waals surface area contributed by atoms with Gasteiger partial charge in [0, 0.05) is 43.8 Å². The van der Waals surface area contributed by atoms with Gasteiger partial charge in [-0.3, -0.25) is 0 Å². The van der Waals surface area contributed by atoms with Gasteiger partial charge in [0.25, 0.3) is 0 Å². The van der Waals surface area contributed by atoms with Gasteiger partial charge < -0.3 is 9.80 Å². The lowest BCUT2D eigenvalue weighted by Crippen LogP contribution is -2.26. The van der Waals surface area contributed by atoms with Gasteiger partial charge in [-0.1, -0.05) is 248 Å². The van der Waals surface area contributed by atoms with Gasteiger partial charge in [0.2, 0.25) is 0 Å². The fraction of sp³-hybridized carbons (Fsp3) is 0.114. The van der Waals surface area contributed by atoms with Gasteiger partial charge in [-0.25, -0.2) is 0 Å². The molecule has 0 aliphatic heterocycles. The van der Waals surface area contributed by atoms with Crippen molar-refractivity contribution >= 4 is 76.4 Å². The molecule has 2 aliphatic rings. The van der Waals surface area contributed by atoms with Crippen molar-refractivity contribution in [2.45, 2.75) is 57.8 Å². The number of nitrogens with zero attached hydrogens (tertiary/aromatic N) is 2. The number of benzene rings is 12. The minimum atomic E-state index is -0.597. The van der Waals surface area contributed by atoms with Crippen LogP contribution < -0.4 is 9.80 Å². The van der Waals surface area contributed by atoms with Crippen LogP contribution in [0.4, 0.5) is 34.1 Å². The third kappa shape index (κ3) is 7.74. The molecule has 1 spiro atoms. The van der Waals surface area contributed by atoms with Crippen LogP contribution in [0.2, 0.25) is 0 Å². The molecule has 13 aromatic rings. The molecule has 0 atom stereocenters. The van der Waals surface area contributed by atoms with E-state index in [0.29, 0.717) is 0 Å². The van der Waals surface area contributed by atoms with Crippen molar-refractivity contribution in [3.63, 3.8) is 0 Å². The van der Waals surface area contributed by atoms with Crippen molar-refractivity contribution in [3.8, 4) is 44.5 Å². The summed E-state index contributed by atoms with van der Waals surface area (Å²) in [6, 6.07) is 101. The average molecular weight is 1070 g/mol. The van der Waals surface area contributed by atoms with E-state index in [4.69, 9.17) is 0 Å². The molecule has 82 heavy (non-hydrogen) atoms. The van der Waals surface area contributed by atoms with Crippen LogP contribution in [-0.2, 0) is 16.2 Å². The van der Waals surface area contributed by atoms with E-state index in [1.165, 1.54) is 115 Å². The van der Waals surface area contributed by atoms with E-state index >= 15 is 0 Å². The lowest BCUT2D eigenvalue weighted by atomic mass is 9.70. The van der Waals surface area contributed by atoms with Crippen molar-refractivity contribution in [1.29, 1.82) is 0 Å². The fourth-order valence-electron chi connectivity index (χ4n) is 13.6. The Morgan fingerprint density at radius 1 is 0.341 bits per heavy atom. The molecule has 2 nitrogen and oxygen atoms in total. The second-order valence-electron chi connectivity index (χ2n) is 24.4. The number of hydrogen-bond acceptors (Lipinski definition) is 3. The van der Waals surface area contributed by atoms with E-state index in [1.54, 1.807) is 0 Å². The summed E-state index contributed by atoms with van der Waals surface area (Å²) >= 11 is 1.92. The molecule has 0 amide bonds. The van der Waals surface area contributed by atoms with E-state index < -0.39 is 5.41 Å². The molecule has 12 aromatic carbocycles. The van der Waals surface area contributed by atoms with Crippen molar-refractivity contribution in [2.24, 2.45) is 0 Å². The summed E-state index contributed by atoms with van der Waals surface area (Å²) in [6.07, 6.45) is 0. The molecular weight excluding hydrogens is 1010 g/mol. The van der Waals surface area contributed by atoms with Crippen LogP contribution in [0.15, 0.2) is 267 Å². The van der Waals surface area contributed by atoms with E-state index in [0.717, 1.165) is 28.4 Å². The first kappa shape index (κ1) is 49.7. The normalized spacial score (nSPS) is 13.1. The molecule has 2 aliphatic carbocycles. The quantitative estimate of drug-likeness (QED) is 0.150. The van der Waals surface area contributed by atoms with Crippen LogP contribution in [-0.4, -0.2) is 0 Å². The minimum Gasteiger partial charge on any atom is -0.309 e. The SMILES string of the molecule is CC(C)(C)c1ccc(-c2ccc(N(c3ccccc3)c3cccc4c3sc3cc5c(c(N(c6ccccc6)c6ccc(-c7ccc(C(C)(C)C)cc7)cc6)c34)-c3c(ccc4ccccc34)C53c4ccccc4-c4ccccc43)cc2)cc1. The minimum absolute atomic E-state index is 0.0722. The summed E-state index contributed by atoms with van der Waals surface area (Å²) in [5, 5.41) is 4.95. The molecule has 0 N–H and O–H groups in total. The zero-order valence-corrected chi connectivity index (χ0v) is 48.0. The third-order valence-corrected chi connectivity index (χ3v) is 18.8. The molecule has 0 unspecified atom stereocenters. The number of hydrogen-bond donors (Lipinski definition) is 0. The van der Waals surface area contributed by atoms with Crippen LogP contribution in [0.3, 0.4) is 0 Å². The van der Waals surface area contributed by atoms with Crippen LogP contribution >= 0.6 is 11.3 Å². The van der Waals surface area contributed by atoms with E-state index in [9.17, 15) is 0 Å². The number of anilines is 6. The number of thiophene rings is 1. The van der Waals surface area contributed by atoms with Crippen molar-refractivity contribution in [2.75, 3.05) is 9.80 Å². The predicted molar refractivity (Wildman–Crippen MR) is 351 cm³/mol. The highest BCUT2D eigenvalue weighted by Gasteiger charge is 2.53. The lowest BCUT2D eigenvalue weighted by Gasteiger charge is -2.32. The standard InChI is InChI=1S/C79H62N2S/c1-77(2,3)56-41-32-51(33-42-56)53-36-45-60(46-37-53)80(58-21-9-7-10-22-58)70-31-19-28-65-73-71(82-76(65)70)50-69-74(75(73)81(59-23-11-8-12-24-59)61-47-38-54(39-48-61)52-34-43-57(44-35-52)78(4,5)6)72-62-25-14-13-20-55(62)40-49-68(72)79(69)66-29-17-15-26-63(66)64-27-16-18-30-67(64)79/h7-50H,1-6H3. The lowest BCUT2D eigenvalue weighted by molar-refractivity contribution is 0.590. The van der Waals surface area contributed by atoms with Gasteiger partial charge in [-0.15, -0.1) is 11.3 Å². The Labute approximate surface area is 485 Å². The molecule has 0 saturated carbocycles. The average Bonchev–Trinajstić information content (AvgIpc) is 1.58. The summed E-state index contributed by atoms with van der Waals surface area (Å²) in [6.45, 7) is 13.7. The van der Waals surface area contributed by atoms with Gasteiger partial charge in [0.1, 0.15) is 0 Å². The van der Waals surface area contributed by atoms with E-state index in [2.05, 4.69) is 318 Å². The summed E-state index contributed by atoms with van der Waals surface area (Å²) in [4.78, 5) is 5.05. The summed E-state index contributed by atoms with van der Waals surface area (Å²) < 4.78 is 2.47. The van der Waals surface area contributed by atoms with Crippen molar-refractivity contribution < 1.29 is 0 Å². The molecule has 3 heteroatoms. The Morgan fingerprint density at radius 2 is 0.793 bits per heavy atom. The molecule has 0 saturated heterocycles. The number of rotatable bonds is 8. The maximum atomic E-state index is 2.61. The highest BCUT2D eigenvalue weighted by molar-refractivity contribution is 7.26. The molecule has 0 radical (unpaired) electrons. The van der Waals surface area contributed by atoms with Crippen LogP contribution in [0.1, 0.15) is 74.9 Å². The summed E-state index contributed by atoms with van der Waals surface area (Å²) in [5.74, 6) is 0. The second-order valence-corrected chi connectivity index (χ2v) is 25.5. The first-order valence-electron chi connectivity index (χ1n) is 28.8. The Hall–Kier alpha value is -9.28. The molecule has 1 heterocycles.